The van der Waals surface area contributed by atoms with Gasteiger partial charge in [-0.3, -0.25) is 9.79 Å². The Labute approximate surface area is 181 Å². The summed E-state index contributed by atoms with van der Waals surface area (Å²) in [6.07, 6.45) is 0. The minimum absolute atomic E-state index is 0.426. The second-order valence-corrected chi connectivity index (χ2v) is 6.37. The van der Waals surface area contributed by atoms with Gasteiger partial charge in [0.1, 0.15) is 23.0 Å². The minimum atomic E-state index is -0.909. The van der Waals surface area contributed by atoms with E-state index in [1.165, 1.54) is 6.07 Å². The van der Waals surface area contributed by atoms with Gasteiger partial charge in [-0.05, 0) is 53.9 Å². The molecule has 3 aromatic rings. The first kappa shape index (κ1) is 23.7. The van der Waals surface area contributed by atoms with Gasteiger partial charge >= 0.3 is 0 Å². The number of benzene rings is 3. The number of carbonyl (C=O) groups excluding carboxylic acids is 1. The number of nitrogens with zero attached hydrogens (tertiary/aromatic N) is 1. The van der Waals surface area contributed by atoms with Gasteiger partial charge < -0.3 is 10.7 Å². The molecule has 0 heterocycles. The molecular formula is C24H26F2N4O. The summed E-state index contributed by atoms with van der Waals surface area (Å²) < 4.78 is 27.5. The molecular weight excluding hydrogens is 398 g/mol. The number of halogens is 2. The number of hydrogen-bond acceptors (Lipinski definition) is 3. The summed E-state index contributed by atoms with van der Waals surface area (Å²) in [7, 11) is 1.64. The van der Waals surface area contributed by atoms with Crippen LogP contribution in [0.1, 0.15) is 35.3 Å². The summed E-state index contributed by atoms with van der Waals surface area (Å²) in [5.41, 5.74) is 6.14. The zero-order valence-corrected chi connectivity index (χ0v) is 18.0. The Balaban J connectivity index is 0.00000166. The zero-order chi connectivity index (χ0) is 23.0. The molecule has 31 heavy (non-hydrogen) atoms. The van der Waals surface area contributed by atoms with Crippen LogP contribution in [-0.4, -0.2) is 18.8 Å². The molecule has 0 saturated carbocycles. The number of nitrogens with one attached hydrogen (secondary N) is 2. The number of anilines is 1. The maximum atomic E-state index is 13.8. The molecule has 0 unspecified atom stereocenters. The zero-order valence-electron chi connectivity index (χ0n) is 18.0. The van der Waals surface area contributed by atoms with Gasteiger partial charge in [0.25, 0.3) is 5.91 Å². The van der Waals surface area contributed by atoms with E-state index in [0.29, 0.717) is 11.5 Å². The van der Waals surface area contributed by atoms with Crippen molar-refractivity contribution in [3.63, 3.8) is 0 Å². The summed E-state index contributed by atoms with van der Waals surface area (Å²) in [6.45, 7) is 5.98. The van der Waals surface area contributed by atoms with Crippen molar-refractivity contribution in [3.8, 4) is 11.1 Å². The molecule has 162 valence electrons. The third-order valence-corrected chi connectivity index (χ3v) is 4.51. The fraction of sp³-hybridized carbons (Fsp3) is 0.167. The van der Waals surface area contributed by atoms with Gasteiger partial charge in [0, 0.05) is 18.3 Å². The molecule has 7 heteroatoms. The SMILES string of the molecule is CC.CN=C(NN)c1ccc(C)c(-c2ccc(NC(=O)c3c(F)cccc3F)cc2)c1. The summed E-state index contributed by atoms with van der Waals surface area (Å²) >= 11 is 0. The molecule has 3 rings (SSSR count). The summed E-state index contributed by atoms with van der Waals surface area (Å²) in [5.74, 6) is 3.40. The van der Waals surface area contributed by atoms with Crippen molar-refractivity contribution in [2.75, 3.05) is 12.4 Å². The summed E-state index contributed by atoms with van der Waals surface area (Å²) in [4.78, 5) is 16.3. The van der Waals surface area contributed by atoms with Crippen LogP contribution in [0.3, 0.4) is 0 Å². The second-order valence-electron chi connectivity index (χ2n) is 6.37. The van der Waals surface area contributed by atoms with Crippen molar-refractivity contribution in [2.24, 2.45) is 10.8 Å². The molecule has 3 aromatic carbocycles. The summed E-state index contributed by atoms with van der Waals surface area (Å²) in [6, 6.07) is 16.1. The number of hydrogen-bond donors (Lipinski definition) is 3. The van der Waals surface area contributed by atoms with Crippen LogP contribution in [0, 0.1) is 18.6 Å². The van der Waals surface area contributed by atoms with E-state index in [1.807, 2.05) is 51.1 Å². The largest absolute Gasteiger partial charge is 0.322 e. The highest BCUT2D eigenvalue weighted by Gasteiger charge is 2.17. The molecule has 0 radical (unpaired) electrons. The van der Waals surface area contributed by atoms with E-state index >= 15 is 0 Å². The van der Waals surface area contributed by atoms with Crippen LogP contribution in [0.4, 0.5) is 14.5 Å². The van der Waals surface area contributed by atoms with E-state index in [-0.39, 0.29) is 0 Å². The van der Waals surface area contributed by atoms with Crippen molar-refractivity contribution < 1.29 is 13.6 Å². The molecule has 1 amide bonds. The Morgan fingerprint density at radius 3 is 2.13 bits per heavy atom. The molecule has 0 aliphatic carbocycles. The highest BCUT2D eigenvalue weighted by Crippen LogP contribution is 2.26. The Bertz CT molecular complexity index is 1060. The van der Waals surface area contributed by atoms with Crippen LogP contribution in [-0.2, 0) is 0 Å². The monoisotopic (exact) mass is 424 g/mol. The number of nitrogens with two attached hydrogens (primary N) is 1. The van der Waals surface area contributed by atoms with E-state index in [4.69, 9.17) is 5.84 Å². The molecule has 0 aliphatic heterocycles. The Morgan fingerprint density at radius 1 is 0.968 bits per heavy atom. The first-order chi connectivity index (χ1) is 14.9. The van der Waals surface area contributed by atoms with E-state index in [0.717, 1.165) is 34.4 Å². The van der Waals surface area contributed by atoms with Gasteiger partial charge in [-0.25, -0.2) is 14.6 Å². The number of aryl methyl sites for hydroxylation is 1. The number of amides is 1. The smallest absolute Gasteiger partial charge is 0.261 e. The van der Waals surface area contributed by atoms with Crippen LogP contribution in [0.5, 0.6) is 0 Å². The average Bonchev–Trinajstić information content (AvgIpc) is 2.77. The molecule has 0 aromatic heterocycles. The van der Waals surface area contributed by atoms with Gasteiger partial charge in [0.15, 0.2) is 0 Å². The molecule has 0 fully saturated rings. The highest BCUT2D eigenvalue weighted by atomic mass is 19.1. The second kappa shape index (κ2) is 11.0. The van der Waals surface area contributed by atoms with E-state index in [2.05, 4.69) is 15.7 Å². The standard InChI is InChI=1S/C22H20F2N4O.C2H6/c1-13-6-7-15(21(26-2)28-25)12-17(13)14-8-10-16(11-9-14)27-22(29)20-18(23)4-3-5-19(20)24;1-2/h3-12H,25H2,1-2H3,(H,26,28)(H,27,29);1-2H3. The van der Waals surface area contributed by atoms with Crippen molar-refractivity contribution >= 4 is 17.4 Å². The highest BCUT2D eigenvalue weighted by molar-refractivity contribution is 6.04. The average molecular weight is 424 g/mol. The molecule has 0 bridgehead atoms. The van der Waals surface area contributed by atoms with Crippen LogP contribution in [0.15, 0.2) is 65.7 Å². The van der Waals surface area contributed by atoms with Gasteiger partial charge in [-0.1, -0.05) is 44.2 Å². The maximum absolute atomic E-state index is 13.8. The number of amidine groups is 1. The quantitative estimate of drug-likeness (QED) is 0.237. The molecule has 5 nitrogen and oxygen atoms in total. The maximum Gasteiger partial charge on any atom is 0.261 e. The van der Waals surface area contributed by atoms with Crippen LogP contribution >= 0.6 is 0 Å². The van der Waals surface area contributed by atoms with Crippen molar-refractivity contribution in [1.29, 1.82) is 0 Å². The third kappa shape index (κ3) is 5.52. The summed E-state index contributed by atoms with van der Waals surface area (Å²) in [5, 5.41) is 2.52. The molecule has 0 saturated heterocycles. The van der Waals surface area contributed by atoms with Crippen molar-refractivity contribution in [1.82, 2.24) is 5.43 Å². The Kier molecular flexibility index (Phi) is 8.40. The van der Waals surface area contributed by atoms with E-state index in [1.54, 1.807) is 19.2 Å². The number of hydrazine groups is 1. The molecule has 0 aliphatic rings. The lowest BCUT2D eigenvalue weighted by Crippen LogP contribution is -2.31. The topological polar surface area (TPSA) is 79.5 Å². The number of rotatable bonds is 4. The fourth-order valence-corrected chi connectivity index (χ4v) is 3.00. The number of aliphatic imine (C=N–C) groups is 1. The van der Waals surface area contributed by atoms with Crippen LogP contribution < -0.4 is 16.6 Å². The lowest BCUT2D eigenvalue weighted by Gasteiger charge is -2.12. The third-order valence-electron chi connectivity index (χ3n) is 4.51. The Hall–Kier alpha value is -3.58. The van der Waals surface area contributed by atoms with Crippen molar-refractivity contribution in [2.45, 2.75) is 20.8 Å². The predicted octanol–water partition coefficient (Wildman–Crippen LogP) is 5.06. The van der Waals surface area contributed by atoms with E-state index < -0.39 is 23.1 Å². The van der Waals surface area contributed by atoms with Gasteiger partial charge in [-0.2, -0.15) is 0 Å². The Morgan fingerprint density at radius 2 is 1.58 bits per heavy atom. The predicted molar refractivity (Wildman–Crippen MR) is 122 cm³/mol. The molecule has 0 spiro atoms. The first-order valence-corrected chi connectivity index (χ1v) is 9.85. The van der Waals surface area contributed by atoms with E-state index in [9.17, 15) is 13.6 Å². The lowest BCUT2D eigenvalue weighted by molar-refractivity contribution is 0.101. The fourth-order valence-electron chi connectivity index (χ4n) is 3.00. The minimum Gasteiger partial charge on any atom is -0.322 e. The number of carbonyl (C=O) groups is 1. The van der Waals surface area contributed by atoms with Crippen LogP contribution in [0.25, 0.3) is 11.1 Å². The lowest BCUT2D eigenvalue weighted by atomic mass is 9.97. The van der Waals surface area contributed by atoms with Gasteiger partial charge in [-0.15, -0.1) is 0 Å². The van der Waals surface area contributed by atoms with Crippen LogP contribution in [0.2, 0.25) is 0 Å². The van der Waals surface area contributed by atoms with Gasteiger partial charge in [0.05, 0.1) is 0 Å². The first-order valence-electron chi connectivity index (χ1n) is 9.85. The van der Waals surface area contributed by atoms with Crippen molar-refractivity contribution in [3.05, 3.63) is 89.0 Å². The van der Waals surface area contributed by atoms with Gasteiger partial charge in [0.2, 0.25) is 0 Å². The molecule has 0 atom stereocenters. The normalized spacial score (nSPS) is 10.7. The molecule has 4 N–H and O–H groups in total.